The molecular formula is C4H6ClNO3. The van der Waals surface area contributed by atoms with Crippen LogP contribution in [0, 0.1) is 0 Å². The summed E-state index contributed by atoms with van der Waals surface area (Å²) in [5.41, 5.74) is 2.75. The van der Waals surface area contributed by atoms with Gasteiger partial charge in [0.1, 0.15) is 0 Å². The number of hydrogen-bond acceptors (Lipinski definition) is 3. The molecule has 0 aliphatic heterocycles. The Morgan fingerprint density at radius 2 is 2.44 bits per heavy atom. The third-order valence-electron chi connectivity index (χ3n) is 0.552. The van der Waals surface area contributed by atoms with Gasteiger partial charge in [0.25, 0.3) is 0 Å². The van der Waals surface area contributed by atoms with E-state index in [1.165, 1.54) is 7.11 Å². The molecule has 52 valence electrons. The third kappa shape index (κ3) is 2.94. The molecule has 0 rings (SSSR count). The molecule has 0 unspecified atom stereocenters. The number of nitrogens with one attached hydrogen (secondary N) is 1. The van der Waals surface area contributed by atoms with E-state index in [-0.39, 0.29) is 5.70 Å². The predicted molar refractivity (Wildman–Crippen MR) is 31.7 cm³/mol. The Balaban J connectivity index is 3.85. The summed E-state index contributed by atoms with van der Waals surface area (Å²) in [4.78, 5) is 14.3. The maximum atomic E-state index is 10.0. The topological polar surface area (TPSA) is 58.6 Å². The molecule has 0 amide bonds. The fourth-order valence-corrected chi connectivity index (χ4v) is 0.360. The van der Waals surface area contributed by atoms with Gasteiger partial charge >= 0.3 is 5.97 Å². The van der Waals surface area contributed by atoms with Crippen LogP contribution in [0.3, 0.4) is 0 Å². The number of rotatable bonds is 3. The summed E-state index contributed by atoms with van der Waals surface area (Å²) in [7, 11) is 1.29. The van der Waals surface area contributed by atoms with Gasteiger partial charge in [0.15, 0.2) is 5.70 Å². The first-order chi connectivity index (χ1) is 4.22. The Bertz CT molecular complexity index is 134. The van der Waals surface area contributed by atoms with Crippen molar-refractivity contribution < 1.29 is 14.7 Å². The molecule has 0 aromatic rings. The van der Waals surface area contributed by atoms with Gasteiger partial charge in [0, 0.05) is 5.54 Å². The van der Waals surface area contributed by atoms with E-state index >= 15 is 0 Å². The van der Waals surface area contributed by atoms with Crippen molar-refractivity contribution in [2.45, 2.75) is 0 Å². The number of carboxylic acids is 1. The highest BCUT2D eigenvalue weighted by molar-refractivity contribution is 6.27. The Morgan fingerprint density at radius 3 is 2.56 bits per heavy atom. The molecule has 0 fully saturated rings. The monoisotopic (exact) mass is 151 g/mol. The summed E-state index contributed by atoms with van der Waals surface area (Å²) in [6, 6.07) is 0. The van der Waals surface area contributed by atoms with Crippen LogP contribution in [0.25, 0.3) is 0 Å². The molecule has 0 heterocycles. The second kappa shape index (κ2) is 4.17. The molecule has 0 bridgehead atoms. The molecule has 0 aromatic heterocycles. The lowest BCUT2D eigenvalue weighted by Gasteiger charge is -1.99. The number of carbonyl (C=O) groups is 1. The van der Waals surface area contributed by atoms with Gasteiger partial charge < -0.3 is 5.11 Å². The van der Waals surface area contributed by atoms with Gasteiger partial charge in [-0.05, 0) is 0 Å². The first-order valence-electron chi connectivity index (χ1n) is 2.05. The zero-order valence-electron chi connectivity index (χ0n) is 4.72. The maximum absolute atomic E-state index is 10.0. The van der Waals surface area contributed by atoms with Crippen molar-refractivity contribution in [2.24, 2.45) is 0 Å². The van der Waals surface area contributed by atoms with Gasteiger partial charge in [-0.25, -0.2) is 4.79 Å². The van der Waals surface area contributed by atoms with E-state index in [1.54, 1.807) is 0 Å². The van der Waals surface area contributed by atoms with Crippen LogP contribution in [0.2, 0.25) is 0 Å². The summed E-state index contributed by atoms with van der Waals surface area (Å²) in [6.45, 7) is 0. The highest BCUT2D eigenvalue weighted by atomic mass is 35.5. The van der Waals surface area contributed by atoms with Crippen molar-refractivity contribution >= 4 is 17.6 Å². The maximum Gasteiger partial charge on any atom is 0.355 e. The summed E-state index contributed by atoms with van der Waals surface area (Å²) in [5, 5.41) is 8.21. The predicted octanol–water partition coefficient (Wildman–Crippen LogP) is 0.302. The highest BCUT2D eigenvalue weighted by Gasteiger charge is 2.03. The highest BCUT2D eigenvalue weighted by Crippen LogP contribution is 1.90. The summed E-state index contributed by atoms with van der Waals surface area (Å²) < 4.78 is 0. The first-order valence-corrected chi connectivity index (χ1v) is 2.48. The van der Waals surface area contributed by atoms with Crippen LogP contribution in [0.4, 0.5) is 0 Å². The van der Waals surface area contributed by atoms with Crippen molar-refractivity contribution in [3.05, 3.63) is 11.2 Å². The van der Waals surface area contributed by atoms with Crippen LogP contribution in [-0.2, 0) is 9.63 Å². The lowest BCUT2D eigenvalue weighted by Crippen LogP contribution is -2.18. The fourth-order valence-electron chi connectivity index (χ4n) is 0.223. The summed E-state index contributed by atoms with van der Waals surface area (Å²) >= 11 is 5.06. The van der Waals surface area contributed by atoms with Gasteiger partial charge in [-0.2, -0.15) is 0 Å². The minimum absolute atomic E-state index is 0.195. The van der Waals surface area contributed by atoms with Gasteiger partial charge in [-0.3, -0.25) is 10.3 Å². The molecule has 0 radical (unpaired) electrons. The van der Waals surface area contributed by atoms with Gasteiger partial charge in [0.2, 0.25) is 0 Å². The first kappa shape index (κ1) is 8.26. The van der Waals surface area contributed by atoms with E-state index in [0.29, 0.717) is 0 Å². The van der Waals surface area contributed by atoms with Gasteiger partial charge in [-0.15, -0.1) is 0 Å². The zero-order valence-corrected chi connectivity index (χ0v) is 5.47. The number of hydrogen-bond donors (Lipinski definition) is 2. The molecule has 0 atom stereocenters. The van der Waals surface area contributed by atoms with E-state index in [0.717, 1.165) is 5.54 Å². The molecule has 0 saturated heterocycles. The number of carboxylic acid groups (broad SMARTS) is 1. The van der Waals surface area contributed by atoms with E-state index in [9.17, 15) is 4.79 Å². The molecule has 0 spiro atoms. The van der Waals surface area contributed by atoms with Crippen molar-refractivity contribution in [3.8, 4) is 0 Å². The van der Waals surface area contributed by atoms with E-state index in [4.69, 9.17) is 16.7 Å². The van der Waals surface area contributed by atoms with Crippen LogP contribution >= 0.6 is 11.6 Å². The van der Waals surface area contributed by atoms with E-state index < -0.39 is 5.97 Å². The normalized spacial score (nSPS) is 11.1. The molecular weight excluding hydrogens is 146 g/mol. The van der Waals surface area contributed by atoms with Crippen LogP contribution in [0.1, 0.15) is 0 Å². The van der Waals surface area contributed by atoms with Crippen molar-refractivity contribution in [1.29, 1.82) is 0 Å². The smallest absolute Gasteiger partial charge is 0.355 e. The number of aliphatic carboxylic acids is 1. The zero-order chi connectivity index (χ0) is 7.28. The van der Waals surface area contributed by atoms with Crippen molar-refractivity contribution in [1.82, 2.24) is 5.48 Å². The van der Waals surface area contributed by atoms with E-state index in [2.05, 4.69) is 10.3 Å². The second-order valence-electron chi connectivity index (χ2n) is 1.13. The Kier molecular flexibility index (Phi) is 3.83. The minimum atomic E-state index is -1.16. The molecule has 4 nitrogen and oxygen atoms in total. The third-order valence-corrected chi connectivity index (χ3v) is 0.770. The van der Waals surface area contributed by atoms with E-state index in [1.807, 2.05) is 0 Å². The summed E-state index contributed by atoms with van der Waals surface area (Å²) in [5.74, 6) is -1.16. The van der Waals surface area contributed by atoms with Gasteiger partial charge in [0.05, 0.1) is 7.11 Å². The molecule has 0 aliphatic carbocycles. The molecule has 5 heteroatoms. The average molecular weight is 152 g/mol. The minimum Gasteiger partial charge on any atom is -0.476 e. The number of hydroxylamine groups is 1. The molecule has 0 saturated carbocycles. The van der Waals surface area contributed by atoms with Crippen LogP contribution in [-0.4, -0.2) is 18.2 Å². The van der Waals surface area contributed by atoms with Crippen molar-refractivity contribution in [2.75, 3.05) is 7.11 Å². The molecule has 2 N–H and O–H groups in total. The number of halogens is 1. The van der Waals surface area contributed by atoms with Crippen LogP contribution in [0.15, 0.2) is 11.2 Å². The molecule has 0 aromatic carbocycles. The van der Waals surface area contributed by atoms with Crippen molar-refractivity contribution in [3.63, 3.8) is 0 Å². The lowest BCUT2D eigenvalue weighted by atomic mass is 10.5. The average Bonchev–Trinajstić information content (AvgIpc) is 1.82. The van der Waals surface area contributed by atoms with Gasteiger partial charge in [-0.1, -0.05) is 11.6 Å². The Morgan fingerprint density at radius 1 is 1.89 bits per heavy atom. The molecule has 9 heavy (non-hydrogen) atoms. The SMILES string of the molecule is CONC(=CCl)C(=O)O. The largest absolute Gasteiger partial charge is 0.476 e. The molecule has 0 aliphatic rings. The van der Waals surface area contributed by atoms with Crippen LogP contribution < -0.4 is 5.48 Å². The quantitative estimate of drug-likeness (QED) is 0.450. The second-order valence-corrected chi connectivity index (χ2v) is 1.35. The Labute approximate surface area is 57.0 Å². The standard InChI is InChI=1S/C4H6ClNO3/c1-9-6-3(2-5)4(7)8/h2,6H,1H3,(H,7,8). The fraction of sp³-hybridized carbons (Fsp3) is 0.250. The Hall–Kier alpha value is -0.740. The summed E-state index contributed by atoms with van der Waals surface area (Å²) in [6.07, 6.45) is 0. The van der Waals surface area contributed by atoms with Crippen LogP contribution in [0.5, 0.6) is 0 Å². The lowest BCUT2D eigenvalue weighted by molar-refractivity contribution is -0.134.